The van der Waals surface area contributed by atoms with Crippen molar-refractivity contribution in [2.45, 2.75) is 0 Å². The Balaban J connectivity index is 3.53. The van der Waals surface area contributed by atoms with Gasteiger partial charge in [0.1, 0.15) is 0 Å². The number of hydrogen-bond donors (Lipinski definition) is 0. The van der Waals surface area contributed by atoms with E-state index in [0.717, 1.165) is 12.1 Å². The Hall–Kier alpha value is -1.83. The zero-order valence-corrected chi connectivity index (χ0v) is 9.34. The van der Waals surface area contributed by atoms with Gasteiger partial charge in [0, 0.05) is 12.1 Å². The van der Waals surface area contributed by atoms with Gasteiger partial charge in [0.15, 0.2) is 11.3 Å². The molecule has 0 saturated carbocycles. The van der Waals surface area contributed by atoms with E-state index in [1.54, 1.807) is 0 Å². The van der Waals surface area contributed by atoms with Gasteiger partial charge in [0.25, 0.3) is 11.4 Å². The molecule has 0 spiro atoms. The number of carbonyl (C=O) groups excluding carboxylic acids is 1. The van der Waals surface area contributed by atoms with E-state index >= 15 is 0 Å². The highest BCUT2D eigenvalue weighted by atomic mass is 79.9. The highest BCUT2D eigenvalue weighted by molar-refractivity contribution is 9.09. The molecule has 0 fully saturated rings. The molecular formula is C8H5BrN2O5. The van der Waals surface area contributed by atoms with Crippen LogP contribution < -0.4 is 0 Å². The second-order valence-electron chi connectivity index (χ2n) is 2.74. The molecule has 1 aromatic rings. The van der Waals surface area contributed by atoms with Crippen molar-refractivity contribution in [1.29, 1.82) is 0 Å². The molecule has 0 unspecified atom stereocenters. The lowest BCUT2D eigenvalue weighted by atomic mass is 10.1. The first-order valence-electron chi connectivity index (χ1n) is 4.00. The number of Topliss-reactive ketones (excluding diaryl/α,β-unsaturated/α-hetero) is 1. The summed E-state index contributed by atoms with van der Waals surface area (Å²) in [5, 5.41) is 21.1. The van der Waals surface area contributed by atoms with Crippen LogP contribution in [0.5, 0.6) is 0 Å². The number of rotatable bonds is 4. The van der Waals surface area contributed by atoms with Gasteiger partial charge in [-0.15, -0.1) is 0 Å². The van der Waals surface area contributed by atoms with Crippen LogP contribution in [0.15, 0.2) is 18.2 Å². The van der Waals surface area contributed by atoms with E-state index in [1.165, 1.54) is 6.07 Å². The fraction of sp³-hybridized carbons (Fsp3) is 0.125. The normalized spacial score (nSPS) is 9.81. The number of benzene rings is 1. The predicted octanol–water partition coefficient (Wildman–Crippen LogP) is 2.08. The third-order valence-corrected chi connectivity index (χ3v) is 2.32. The predicted molar refractivity (Wildman–Crippen MR) is 57.9 cm³/mol. The van der Waals surface area contributed by atoms with Crippen molar-refractivity contribution in [1.82, 2.24) is 0 Å². The average molecular weight is 289 g/mol. The van der Waals surface area contributed by atoms with Gasteiger partial charge in [0.05, 0.1) is 15.2 Å². The maximum absolute atomic E-state index is 11.4. The molecule has 0 heterocycles. The van der Waals surface area contributed by atoms with Crippen LogP contribution in [0.3, 0.4) is 0 Å². The van der Waals surface area contributed by atoms with Crippen molar-refractivity contribution in [3.63, 3.8) is 0 Å². The van der Waals surface area contributed by atoms with Gasteiger partial charge in [-0.25, -0.2) is 0 Å². The third-order valence-electron chi connectivity index (χ3n) is 1.81. The number of nitro benzene ring substituents is 2. The first-order valence-corrected chi connectivity index (χ1v) is 5.12. The van der Waals surface area contributed by atoms with Gasteiger partial charge < -0.3 is 0 Å². The Labute approximate surface area is 97.5 Å². The molecule has 8 heteroatoms. The van der Waals surface area contributed by atoms with E-state index in [2.05, 4.69) is 15.9 Å². The molecule has 0 atom stereocenters. The van der Waals surface area contributed by atoms with E-state index in [9.17, 15) is 25.0 Å². The molecule has 0 aliphatic rings. The Bertz CT molecular complexity index is 441. The van der Waals surface area contributed by atoms with Crippen LogP contribution in [0.2, 0.25) is 0 Å². The van der Waals surface area contributed by atoms with Crippen LogP contribution in [0, 0.1) is 20.2 Å². The minimum Gasteiger partial charge on any atom is -0.293 e. The standard InChI is InChI=1S/C8H5BrN2O5/c9-4-7(12)8-5(10(13)14)2-1-3-6(8)11(15)16/h1-3H,4H2. The summed E-state index contributed by atoms with van der Waals surface area (Å²) in [6.45, 7) is 0. The molecule has 0 N–H and O–H groups in total. The first kappa shape index (κ1) is 12.2. The molecule has 0 aliphatic carbocycles. The average Bonchev–Trinajstić information content (AvgIpc) is 2.26. The maximum atomic E-state index is 11.4. The van der Waals surface area contributed by atoms with Crippen LogP contribution in [0.25, 0.3) is 0 Å². The van der Waals surface area contributed by atoms with Crippen molar-refractivity contribution in [2.24, 2.45) is 0 Å². The summed E-state index contributed by atoms with van der Waals surface area (Å²) in [5.41, 5.74) is -1.59. The summed E-state index contributed by atoms with van der Waals surface area (Å²) < 4.78 is 0. The largest absolute Gasteiger partial charge is 0.293 e. The van der Waals surface area contributed by atoms with Gasteiger partial charge in [-0.3, -0.25) is 25.0 Å². The van der Waals surface area contributed by atoms with Crippen molar-refractivity contribution in [3.05, 3.63) is 44.0 Å². The molecule has 0 aliphatic heterocycles. The van der Waals surface area contributed by atoms with Gasteiger partial charge in [0.2, 0.25) is 0 Å². The zero-order valence-electron chi connectivity index (χ0n) is 7.75. The minimum absolute atomic E-state index is 0.210. The van der Waals surface area contributed by atoms with Gasteiger partial charge in [-0.05, 0) is 6.07 Å². The molecule has 7 nitrogen and oxygen atoms in total. The molecular weight excluding hydrogens is 284 g/mol. The zero-order chi connectivity index (χ0) is 12.3. The number of ketones is 1. The molecule has 0 amide bonds. The van der Waals surface area contributed by atoms with E-state index in [4.69, 9.17) is 0 Å². The van der Waals surface area contributed by atoms with E-state index < -0.39 is 32.6 Å². The third kappa shape index (κ3) is 2.22. The Morgan fingerprint density at radius 1 is 1.19 bits per heavy atom. The van der Waals surface area contributed by atoms with E-state index in [0.29, 0.717) is 0 Å². The van der Waals surface area contributed by atoms with Crippen LogP contribution in [-0.4, -0.2) is 21.0 Å². The number of alkyl halides is 1. The fourth-order valence-electron chi connectivity index (χ4n) is 1.19. The Kier molecular flexibility index (Phi) is 3.67. The molecule has 84 valence electrons. The van der Waals surface area contributed by atoms with E-state index in [1.807, 2.05) is 0 Å². The van der Waals surface area contributed by atoms with Crippen LogP contribution in [0.4, 0.5) is 11.4 Å². The quantitative estimate of drug-likeness (QED) is 0.365. The van der Waals surface area contributed by atoms with Gasteiger partial charge in [-0.1, -0.05) is 15.9 Å². The van der Waals surface area contributed by atoms with Crippen LogP contribution >= 0.6 is 15.9 Å². The number of nitro groups is 2. The number of halogens is 1. The number of hydrogen-bond acceptors (Lipinski definition) is 5. The molecule has 0 radical (unpaired) electrons. The second kappa shape index (κ2) is 4.79. The molecule has 0 aromatic heterocycles. The van der Waals surface area contributed by atoms with Crippen molar-refractivity contribution >= 4 is 33.1 Å². The lowest BCUT2D eigenvalue weighted by Crippen LogP contribution is -2.08. The summed E-state index contributed by atoms with van der Waals surface area (Å²) in [6, 6.07) is 3.28. The van der Waals surface area contributed by atoms with Crippen molar-refractivity contribution < 1.29 is 14.6 Å². The monoisotopic (exact) mass is 288 g/mol. The highest BCUT2D eigenvalue weighted by Gasteiger charge is 2.29. The van der Waals surface area contributed by atoms with Gasteiger partial charge in [-0.2, -0.15) is 0 Å². The summed E-state index contributed by atoms with van der Waals surface area (Å²) in [4.78, 5) is 31.0. The van der Waals surface area contributed by atoms with Crippen LogP contribution in [0.1, 0.15) is 10.4 Å². The second-order valence-corrected chi connectivity index (χ2v) is 3.30. The summed E-state index contributed by atoms with van der Waals surface area (Å²) in [5.74, 6) is -0.695. The smallest absolute Gasteiger partial charge is 0.287 e. The number of carbonyl (C=O) groups is 1. The minimum atomic E-state index is -0.817. The van der Waals surface area contributed by atoms with Crippen molar-refractivity contribution in [3.8, 4) is 0 Å². The lowest BCUT2D eigenvalue weighted by molar-refractivity contribution is -0.394. The Morgan fingerprint density at radius 2 is 1.62 bits per heavy atom. The molecule has 0 bridgehead atoms. The summed E-state index contributed by atoms with van der Waals surface area (Å²) >= 11 is 2.82. The molecule has 1 rings (SSSR count). The first-order chi connectivity index (χ1) is 7.49. The molecule has 16 heavy (non-hydrogen) atoms. The summed E-state index contributed by atoms with van der Waals surface area (Å²) in [7, 11) is 0. The Morgan fingerprint density at radius 3 is 1.94 bits per heavy atom. The van der Waals surface area contributed by atoms with E-state index in [-0.39, 0.29) is 5.33 Å². The number of nitrogens with zero attached hydrogens (tertiary/aromatic N) is 2. The van der Waals surface area contributed by atoms with Crippen LogP contribution in [-0.2, 0) is 0 Å². The maximum Gasteiger partial charge on any atom is 0.287 e. The van der Waals surface area contributed by atoms with Crippen molar-refractivity contribution in [2.75, 3.05) is 5.33 Å². The summed E-state index contributed by atoms with van der Waals surface area (Å²) in [6.07, 6.45) is 0. The topological polar surface area (TPSA) is 103 Å². The lowest BCUT2D eigenvalue weighted by Gasteiger charge is -2.00. The SMILES string of the molecule is O=C(CBr)c1c([N+](=O)[O-])cccc1[N+](=O)[O-]. The fourth-order valence-corrected chi connectivity index (χ4v) is 1.47. The highest BCUT2D eigenvalue weighted by Crippen LogP contribution is 2.28. The van der Waals surface area contributed by atoms with Gasteiger partial charge >= 0.3 is 0 Å². The molecule has 1 aromatic carbocycles. The molecule has 0 saturated heterocycles.